The molecule has 0 fully saturated rings. The van der Waals surface area contributed by atoms with Crippen LogP contribution >= 0.6 is 0 Å². The van der Waals surface area contributed by atoms with E-state index in [0.717, 1.165) is 0 Å². The highest BCUT2D eigenvalue weighted by Gasteiger charge is 1.84. The molecule has 1 heterocycles. The molecule has 1 aliphatic rings. The highest BCUT2D eigenvalue weighted by atomic mass is 15.5. The lowest BCUT2D eigenvalue weighted by Crippen LogP contribution is -2.25. The summed E-state index contributed by atoms with van der Waals surface area (Å²) in [5.41, 5.74) is 2.82. The molecule has 1 N–H and O–H groups in total. The zero-order chi connectivity index (χ0) is 5.11. The maximum atomic E-state index is 2.82. The summed E-state index contributed by atoms with van der Waals surface area (Å²) in [6.07, 6.45) is 8.44. The van der Waals surface area contributed by atoms with Crippen molar-refractivity contribution in [1.82, 2.24) is 10.4 Å². The highest BCUT2D eigenvalue weighted by Crippen LogP contribution is 1.84. The first-order valence-electron chi connectivity index (χ1n) is 2.13. The second kappa shape index (κ2) is 1.69. The van der Waals surface area contributed by atoms with Crippen molar-refractivity contribution in [2.45, 2.75) is 0 Å². The van der Waals surface area contributed by atoms with E-state index < -0.39 is 0 Å². The van der Waals surface area contributed by atoms with E-state index in [1.165, 1.54) is 0 Å². The van der Waals surface area contributed by atoms with Crippen molar-refractivity contribution in [2.75, 3.05) is 7.05 Å². The minimum absolute atomic E-state index is 1.82. The van der Waals surface area contributed by atoms with Gasteiger partial charge in [0.25, 0.3) is 0 Å². The third-order valence-corrected chi connectivity index (χ3v) is 0.730. The van der Waals surface area contributed by atoms with Gasteiger partial charge in [0.15, 0.2) is 0 Å². The van der Waals surface area contributed by atoms with Crippen molar-refractivity contribution in [1.29, 1.82) is 0 Å². The Bertz CT molecular complexity index is 105. The Morgan fingerprint density at radius 2 is 2.57 bits per heavy atom. The predicted molar refractivity (Wildman–Crippen MR) is 27.9 cm³/mol. The van der Waals surface area contributed by atoms with Gasteiger partial charge >= 0.3 is 0 Å². The molecular formula is C5H7N2. The number of nitrogens with zero attached hydrogens (tertiary/aromatic N) is 1. The zero-order valence-corrected chi connectivity index (χ0v) is 4.18. The Morgan fingerprint density at radius 1 is 1.71 bits per heavy atom. The van der Waals surface area contributed by atoms with E-state index in [1.54, 1.807) is 0 Å². The predicted octanol–water partition coefficient (Wildman–Crippen LogP) is 0.267. The van der Waals surface area contributed by atoms with E-state index >= 15 is 0 Å². The van der Waals surface area contributed by atoms with E-state index in [4.69, 9.17) is 0 Å². The zero-order valence-electron chi connectivity index (χ0n) is 4.18. The quantitative estimate of drug-likeness (QED) is 0.464. The van der Waals surface area contributed by atoms with Crippen molar-refractivity contribution in [3.63, 3.8) is 0 Å². The molecule has 2 heteroatoms. The maximum absolute atomic E-state index is 2.82. The molecule has 0 saturated carbocycles. The van der Waals surface area contributed by atoms with Crippen LogP contribution in [0.15, 0.2) is 18.4 Å². The van der Waals surface area contributed by atoms with Gasteiger partial charge in [0.1, 0.15) is 0 Å². The van der Waals surface area contributed by atoms with Crippen LogP contribution in [-0.4, -0.2) is 12.1 Å². The van der Waals surface area contributed by atoms with Crippen molar-refractivity contribution in [3.8, 4) is 0 Å². The molecule has 0 saturated heterocycles. The fourth-order valence-corrected chi connectivity index (χ4v) is 0.397. The molecule has 7 heavy (non-hydrogen) atoms. The van der Waals surface area contributed by atoms with Crippen molar-refractivity contribution >= 4 is 0 Å². The topological polar surface area (TPSA) is 15.3 Å². The maximum Gasteiger partial charge on any atom is 0.0791 e. The summed E-state index contributed by atoms with van der Waals surface area (Å²) in [5.74, 6) is 0. The number of nitrogens with one attached hydrogen (secondary N) is 1. The highest BCUT2D eigenvalue weighted by molar-refractivity contribution is 5.00. The van der Waals surface area contributed by atoms with Gasteiger partial charge in [0.05, 0.1) is 6.20 Å². The van der Waals surface area contributed by atoms with Crippen LogP contribution in [0.5, 0.6) is 0 Å². The first-order chi connectivity index (χ1) is 3.39. The average Bonchev–Trinajstić information content (AvgIpc) is 1.69. The van der Waals surface area contributed by atoms with Gasteiger partial charge in [-0.2, -0.15) is 0 Å². The number of allylic oxidation sites excluding steroid dienone is 2. The van der Waals surface area contributed by atoms with Crippen molar-refractivity contribution in [2.24, 2.45) is 0 Å². The number of rotatable bonds is 0. The minimum Gasteiger partial charge on any atom is -0.298 e. The summed E-state index contributed by atoms with van der Waals surface area (Å²) in [5, 5.41) is 1.82. The summed E-state index contributed by atoms with van der Waals surface area (Å²) >= 11 is 0. The molecule has 0 atom stereocenters. The number of hydrogen-bond donors (Lipinski definition) is 1. The van der Waals surface area contributed by atoms with Crippen LogP contribution in [0.25, 0.3) is 0 Å². The van der Waals surface area contributed by atoms with Crippen LogP contribution < -0.4 is 5.43 Å². The lowest BCUT2D eigenvalue weighted by Gasteiger charge is -2.13. The van der Waals surface area contributed by atoms with Gasteiger partial charge in [-0.05, 0) is 12.2 Å². The molecule has 0 aromatic carbocycles. The first kappa shape index (κ1) is 4.24. The van der Waals surface area contributed by atoms with E-state index in [9.17, 15) is 0 Å². The Kier molecular flexibility index (Phi) is 1.02. The fourth-order valence-electron chi connectivity index (χ4n) is 0.397. The van der Waals surface area contributed by atoms with Gasteiger partial charge in [-0.15, -0.1) is 0 Å². The third kappa shape index (κ3) is 0.961. The molecule has 0 unspecified atom stereocenters. The minimum atomic E-state index is 1.82. The molecule has 0 aliphatic carbocycles. The third-order valence-electron chi connectivity index (χ3n) is 0.730. The molecule has 0 bridgehead atoms. The SMILES string of the molecule is CN1C=CC=[C]N1. The van der Waals surface area contributed by atoms with Gasteiger partial charge in [0, 0.05) is 13.2 Å². The van der Waals surface area contributed by atoms with Crippen LogP contribution in [0, 0.1) is 6.20 Å². The summed E-state index contributed by atoms with van der Waals surface area (Å²) < 4.78 is 0. The molecule has 1 rings (SSSR count). The summed E-state index contributed by atoms with van der Waals surface area (Å²) in [4.78, 5) is 0. The van der Waals surface area contributed by atoms with E-state index in [0.29, 0.717) is 0 Å². The summed E-state index contributed by atoms with van der Waals surface area (Å²) in [6, 6.07) is 0. The molecule has 0 spiro atoms. The van der Waals surface area contributed by atoms with E-state index in [-0.39, 0.29) is 0 Å². The van der Waals surface area contributed by atoms with Crippen LogP contribution in [0.4, 0.5) is 0 Å². The molecule has 37 valence electrons. The van der Waals surface area contributed by atoms with Gasteiger partial charge in [-0.25, -0.2) is 0 Å². The standard InChI is InChI=1S/C5H7N2/c1-7-5-3-2-4-6-7/h2-3,5-6H,1H3. The lowest BCUT2D eigenvalue weighted by molar-refractivity contribution is 0.373. The van der Waals surface area contributed by atoms with Crippen LogP contribution in [0.2, 0.25) is 0 Å². The Hall–Kier alpha value is -0.920. The van der Waals surface area contributed by atoms with Gasteiger partial charge in [-0.1, -0.05) is 0 Å². The molecular weight excluding hydrogens is 88.1 g/mol. The Morgan fingerprint density at radius 3 is 2.86 bits per heavy atom. The average molecular weight is 95.1 g/mol. The van der Waals surface area contributed by atoms with Crippen LogP contribution in [0.3, 0.4) is 0 Å². The fraction of sp³-hybridized carbons (Fsp3) is 0.200. The molecule has 1 radical (unpaired) electrons. The molecule has 0 aromatic rings. The van der Waals surface area contributed by atoms with Gasteiger partial charge < -0.3 is 0 Å². The number of hydrogen-bond acceptors (Lipinski definition) is 2. The largest absolute Gasteiger partial charge is 0.298 e. The Balaban J connectivity index is 2.49. The van der Waals surface area contributed by atoms with Crippen molar-refractivity contribution < 1.29 is 0 Å². The number of hydrazine groups is 1. The summed E-state index contributed by atoms with van der Waals surface area (Å²) in [7, 11) is 1.91. The van der Waals surface area contributed by atoms with Gasteiger partial charge in [-0.3, -0.25) is 10.4 Å². The van der Waals surface area contributed by atoms with Crippen molar-refractivity contribution in [3.05, 3.63) is 24.6 Å². The molecule has 0 aromatic heterocycles. The molecule has 0 amide bonds. The smallest absolute Gasteiger partial charge is 0.0791 e. The van der Waals surface area contributed by atoms with E-state index in [1.807, 2.05) is 30.4 Å². The lowest BCUT2D eigenvalue weighted by atomic mass is 10.5. The molecule has 1 aliphatic heterocycles. The van der Waals surface area contributed by atoms with Crippen LogP contribution in [0.1, 0.15) is 0 Å². The second-order valence-corrected chi connectivity index (χ2v) is 1.38. The monoisotopic (exact) mass is 95.1 g/mol. The first-order valence-corrected chi connectivity index (χ1v) is 2.13. The Labute approximate surface area is 43.1 Å². The normalized spacial score (nSPS) is 17.0. The van der Waals surface area contributed by atoms with Crippen LogP contribution in [-0.2, 0) is 0 Å². The second-order valence-electron chi connectivity index (χ2n) is 1.38. The summed E-state index contributed by atoms with van der Waals surface area (Å²) in [6.45, 7) is 0. The molecule has 2 nitrogen and oxygen atoms in total. The van der Waals surface area contributed by atoms with Gasteiger partial charge in [0.2, 0.25) is 0 Å². The van der Waals surface area contributed by atoms with E-state index in [2.05, 4.69) is 11.6 Å².